The summed E-state index contributed by atoms with van der Waals surface area (Å²) in [5.74, 6) is 0. The first kappa shape index (κ1) is 8.24. The standard InChI is InChI=1S/C7H14O2Si/c1-10-4-2-3-8-5-7-6-9-7/h7H,2-6H2,1H3. The van der Waals surface area contributed by atoms with Gasteiger partial charge in [0.15, 0.2) is 0 Å². The van der Waals surface area contributed by atoms with Crippen LogP contribution in [0.1, 0.15) is 6.42 Å². The van der Waals surface area contributed by atoms with Crippen LogP contribution in [0, 0.1) is 0 Å². The van der Waals surface area contributed by atoms with Crippen LogP contribution < -0.4 is 0 Å². The fraction of sp³-hybridized carbons (Fsp3) is 1.00. The van der Waals surface area contributed by atoms with Crippen LogP contribution in [-0.2, 0) is 9.47 Å². The molecule has 3 heteroatoms. The third-order valence-electron chi connectivity index (χ3n) is 1.42. The van der Waals surface area contributed by atoms with Crippen molar-refractivity contribution in [2.75, 3.05) is 19.8 Å². The molecule has 0 N–H and O–H groups in total. The predicted molar refractivity (Wildman–Crippen MR) is 41.6 cm³/mol. The van der Waals surface area contributed by atoms with Crippen LogP contribution in [0.15, 0.2) is 0 Å². The summed E-state index contributed by atoms with van der Waals surface area (Å²) in [6.45, 7) is 4.87. The molecule has 0 saturated carbocycles. The van der Waals surface area contributed by atoms with Crippen LogP contribution in [0.4, 0.5) is 0 Å². The SMILES string of the molecule is C[Si]CCCOCC1CO1. The minimum atomic E-state index is 0.434. The van der Waals surface area contributed by atoms with Gasteiger partial charge in [-0.2, -0.15) is 0 Å². The van der Waals surface area contributed by atoms with Crippen molar-refractivity contribution in [1.29, 1.82) is 0 Å². The van der Waals surface area contributed by atoms with Gasteiger partial charge in [-0.05, 0) is 6.42 Å². The molecule has 10 heavy (non-hydrogen) atoms. The van der Waals surface area contributed by atoms with Crippen LogP contribution in [0.3, 0.4) is 0 Å². The normalized spacial score (nSPS) is 23.1. The Morgan fingerprint density at radius 1 is 1.70 bits per heavy atom. The Labute approximate surface area is 64.7 Å². The van der Waals surface area contributed by atoms with Crippen molar-refractivity contribution in [3.8, 4) is 0 Å². The maximum absolute atomic E-state index is 5.34. The molecule has 0 bridgehead atoms. The molecule has 0 aromatic rings. The summed E-state index contributed by atoms with van der Waals surface area (Å²) >= 11 is 0. The first-order valence-corrected chi connectivity index (χ1v) is 5.48. The Bertz CT molecular complexity index is 83.7. The zero-order chi connectivity index (χ0) is 7.23. The van der Waals surface area contributed by atoms with E-state index in [0.717, 1.165) is 29.3 Å². The predicted octanol–water partition coefficient (Wildman–Crippen LogP) is 0.962. The lowest BCUT2D eigenvalue weighted by atomic mass is 10.5. The minimum Gasteiger partial charge on any atom is -0.379 e. The second kappa shape index (κ2) is 4.88. The topological polar surface area (TPSA) is 21.8 Å². The maximum Gasteiger partial charge on any atom is 0.104 e. The van der Waals surface area contributed by atoms with E-state index in [0.29, 0.717) is 6.10 Å². The van der Waals surface area contributed by atoms with Crippen molar-refractivity contribution in [2.24, 2.45) is 0 Å². The molecule has 0 aromatic carbocycles. The van der Waals surface area contributed by atoms with Gasteiger partial charge in [0.05, 0.1) is 13.2 Å². The molecule has 1 unspecified atom stereocenters. The Hall–Kier alpha value is 0.137. The number of hydrogen-bond acceptors (Lipinski definition) is 2. The molecule has 1 atom stereocenters. The summed E-state index contributed by atoms with van der Waals surface area (Å²) in [7, 11) is 1.07. The number of rotatable bonds is 6. The molecule has 1 aliphatic heterocycles. The van der Waals surface area contributed by atoms with Crippen molar-refractivity contribution in [3.63, 3.8) is 0 Å². The summed E-state index contributed by atoms with van der Waals surface area (Å²) in [6.07, 6.45) is 1.64. The molecule has 0 aliphatic carbocycles. The van der Waals surface area contributed by atoms with E-state index in [9.17, 15) is 0 Å². The van der Waals surface area contributed by atoms with E-state index in [2.05, 4.69) is 6.55 Å². The van der Waals surface area contributed by atoms with E-state index >= 15 is 0 Å². The van der Waals surface area contributed by atoms with Gasteiger partial charge in [0.1, 0.15) is 6.10 Å². The zero-order valence-electron chi connectivity index (χ0n) is 6.43. The van der Waals surface area contributed by atoms with Gasteiger partial charge < -0.3 is 9.47 Å². The number of hydrogen-bond donors (Lipinski definition) is 0. The van der Waals surface area contributed by atoms with Gasteiger partial charge in [-0.15, -0.1) is 0 Å². The van der Waals surface area contributed by atoms with Gasteiger partial charge >= 0.3 is 0 Å². The molecule has 2 nitrogen and oxygen atoms in total. The lowest BCUT2D eigenvalue weighted by molar-refractivity contribution is 0.117. The van der Waals surface area contributed by atoms with E-state index in [-0.39, 0.29) is 0 Å². The van der Waals surface area contributed by atoms with Gasteiger partial charge in [0.25, 0.3) is 0 Å². The highest BCUT2D eigenvalue weighted by atomic mass is 28.2. The fourth-order valence-corrected chi connectivity index (χ4v) is 1.23. The average Bonchev–Trinajstić information content (AvgIpc) is 2.71. The molecule has 2 radical (unpaired) electrons. The first-order chi connectivity index (χ1) is 4.93. The zero-order valence-corrected chi connectivity index (χ0v) is 7.43. The van der Waals surface area contributed by atoms with Crippen molar-refractivity contribution in [2.45, 2.75) is 25.1 Å². The Balaban J connectivity index is 1.68. The second-order valence-corrected chi connectivity index (χ2v) is 3.69. The molecule has 1 fully saturated rings. The minimum absolute atomic E-state index is 0.434. The van der Waals surface area contributed by atoms with Crippen LogP contribution in [0.2, 0.25) is 12.6 Å². The Morgan fingerprint density at radius 2 is 2.50 bits per heavy atom. The fourth-order valence-electron chi connectivity index (χ4n) is 0.730. The van der Waals surface area contributed by atoms with Crippen LogP contribution in [0.5, 0.6) is 0 Å². The van der Waals surface area contributed by atoms with Crippen molar-refractivity contribution < 1.29 is 9.47 Å². The smallest absolute Gasteiger partial charge is 0.104 e. The molecular weight excluding hydrogens is 144 g/mol. The molecule has 0 aromatic heterocycles. The van der Waals surface area contributed by atoms with Crippen molar-refractivity contribution >= 4 is 9.52 Å². The third-order valence-corrected chi connectivity index (χ3v) is 2.28. The van der Waals surface area contributed by atoms with Crippen LogP contribution in [0.25, 0.3) is 0 Å². The monoisotopic (exact) mass is 158 g/mol. The van der Waals surface area contributed by atoms with Gasteiger partial charge in [-0.25, -0.2) is 0 Å². The molecule has 1 aliphatic rings. The molecular formula is C7H14O2Si. The summed E-state index contributed by atoms with van der Waals surface area (Å²) in [6, 6.07) is 1.31. The van der Waals surface area contributed by atoms with Gasteiger partial charge in [0, 0.05) is 16.1 Å². The Kier molecular flexibility index (Phi) is 4.02. The number of ether oxygens (including phenoxy) is 2. The average molecular weight is 158 g/mol. The van der Waals surface area contributed by atoms with E-state index in [1.165, 1.54) is 12.5 Å². The summed E-state index contributed by atoms with van der Waals surface area (Å²) in [4.78, 5) is 0. The van der Waals surface area contributed by atoms with Crippen LogP contribution in [-0.4, -0.2) is 35.4 Å². The van der Waals surface area contributed by atoms with Gasteiger partial charge in [0.2, 0.25) is 0 Å². The van der Waals surface area contributed by atoms with Crippen molar-refractivity contribution in [3.05, 3.63) is 0 Å². The lowest BCUT2D eigenvalue weighted by Crippen LogP contribution is -2.02. The largest absolute Gasteiger partial charge is 0.379 e. The van der Waals surface area contributed by atoms with Gasteiger partial charge in [-0.1, -0.05) is 12.6 Å². The maximum atomic E-state index is 5.34. The highest BCUT2D eigenvalue weighted by molar-refractivity contribution is 6.33. The van der Waals surface area contributed by atoms with E-state index in [4.69, 9.17) is 9.47 Å². The molecule has 0 spiro atoms. The third kappa shape index (κ3) is 4.03. The van der Waals surface area contributed by atoms with E-state index in [1.807, 2.05) is 0 Å². The molecule has 1 saturated heterocycles. The molecule has 0 amide bonds. The Morgan fingerprint density at radius 3 is 3.10 bits per heavy atom. The van der Waals surface area contributed by atoms with Crippen molar-refractivity contribution in [1.82, 2.24) is 0 Å². The quantitative estimate of drug-likeness (QED) is 0.326. The second-order valence-electron chi connectivity index (χ2n) is 2.49. The summed E-state index contributed by atoms with van der Waals surface area (Å²) in [5.41, 5.74) is 0. The first-order valence-electron chi connectivity index (χ1n) is 3.77. The molecule has 1 rings (SSSR count). The summed E-state index contributed by atoms with van der Waals surface area (Å²) in [5, 5.41) is 0. The number of epoxide rings is 1. The van der Waals surface area contributed by atoms with Crippen LogP contribution >= 0.6 is 0 Å². The van der Waals surface area contributed by atoms with E-state index < -0.39 is 0 Å². The highest BCUT2D eigenvalue weighted by Gasteiger charge is 2.21. The highest BCUT2D eigenvalue weighted by Crippen LogP contribution is 2.08. The van der Waals surface area contributed by atoms with E-state index in [1.54, 1.807) is 0 Å². The lowest BCUT2D eigenvalue weighted by Gasteiger charge is -1.98. The molecule has 1 heterocycles. The molecule has 58 valence electrons. The summed E-state index contributed by atoms with van der Waals surface area (Å²) < 4.78 is 10.3. The van der Waals surface area contributed by atoms with Gasteiger partial charge in [-0.3, -0.25) is 0 Å².